The smallest absolute Gasteiger partial charge is 0.338 e. The summed E-state index contributed by atoms with van der Waals surface area (Å²) < 4.78 is 16.7. The number of aliphatic hydroxyl groups is 1. The lowest BCUT2D eigenvalue weighted by Crippen LogP contribution is -2.22. The lowest BCUT2D eigenvalue weighted by atomic mass is 9.95. The third kappa shape index (κ3) is 6.81. The van der Waals surface area contributed by atoms with E-state index in [4.69, 9.17) is 14.2 Å². The minimum atomic E-state index is -0.766. The fraction of sp³-hybridized carbons (Fsp3) is 0.357. The Bertz CT molecular complexity index is 1120. The summed E-state index contributed by atoms with van der Waals surface area (Å²) in [5.74, 6) is 0.896. The van der Waals surface area contributed by atoms with E-state index in [1.807, 2.05) is 31.3 Å². The second kappa shape index (κ2) is 11.2. The summed E-state index contributed by atoms with van der Waals surface area (Å²) in [7, 11) is 0. The SMILES string of the molecule is CCOC(=O)c1ccc(OCc2cccc(-c3cnc(OCCC(C)(C)O)cc3C)c2C)cc1. The monoisotopic (exact) mass is 463 g/mol. The Kier molecular flexibility index (Phi) is 8.29. The molecule has 0 atom stereocenters. The van der Waals surface area contributed by atoms with Crippen LogP contribution >= 0.6 is 0 Å². The van der Waals surface area contributed by atoms with Crippen molar-refractivity contribution in [3.05, 3.63) is 77.0 Å². The fourth-order valence-electron chi connectivity index (χ4n) is 3.49. The molecule has 6 nitrogen and oxygen atoms in total. The minimum Gasteiger partial charge on any atom is -0.489 e. The van der Waals surface area contributed by atoms with E-state index in [0.29, 0.717) is 43.4 Å². The predicted molar refractivity (Wildman–Crippen MR) is 132 cm³/mol. The number of benzene rings is 2. The molecule has 0 unspecified atom stereocenters. The normalized spacial score (nSPS) is 11.2. The molecule has 3 rings (SSSR count). The number of aryl methyl sites for hydroxylation is 1. The van der Waals surface area contributed by atoms with E-state index in [2.05, 4.69) is 18.0 Å². The van der Waals surface area contributed by atoms with E-state index in [1.165, 1.54) is 0 Å². The first kappa shape index (κ1) is 25.2. The molecular weight excluding hydrogens is 430 g/mol. The molecule has 0 aliphatic carbocycles. The molecule has 0 aliphatic rings. The molecule has 2 aromatic carbocycles. The van der Waals surface area contributed by atoms with Gasteiger partial charge in [-0.2, -0.15) is 0 Å². The number of carbonyl (C=O) groups is 1. The molecule has 1 aromatic heterocycles. The maximum absolute atomic E-state index is 11.8. The molecule has 1 N–H and O–H groups in total. The molecule has 180 valence electrons. The average molecular weight is 464 g/mol. The van der Waals surface area contributed by atoms with Crippen LogP contribution in [0.25, 0.3) is 11.1 Å². The van der Waals surface area contributed by atoms with Gasteiger partial charge in [-0.15, -0.1) is 0 Å². The Hall–Kier alpha value is -3.38. The van der Waals surface area contributed by atoms with Crippen LogP contribution in [0.1, 0.15) is 54.2 Å². The topological polar surface area (TPSA) is 77.9 Å². The molecule has 0 radical (unpaired) electrons. The van der Waals surface area contributed by atoms with Crippen LogP contribution in [0.2, 0.25) is 0 Å². The van der Waals surface area contributed by atoms with Crippen LogP contribution in [0.15, 0.2) is 54.7 Å². The molecule has 0 saturated heterocycles. The zero-order chi connectivity index (χ0) is 24.7. The summed E-state index contributed by atoms with van der Waals surface area (Å²) in [4.78, 5) is 16.3. The van der Waals surface area contributed by atoms with Crippen LogP contribution in [0.4, 0.5) is 0 Å². The number of pyridine rings is 1. The van der Waals surface area contributed by atoms with Crippen LogP contribution in [0, 0.1) is 13.8 Å². The van der Waals surface area contributed by atoms with Gasteiger partial charge in [0.05, 0.1) is 24.4 Å². The second-order valence-electron chi connectivity index (χ2n) is 8.87. The van der Waals surface area contributed by atoms with E-state index in [9.17, 15) is 9.90 Å². The minimum absolute atomic E-state index is 0.338. The maximum Gasteiger partial charge on any atom is 0.338 e. The van der Waals surface area contributed by atoms with Crippen molar-refractivity contribution in [2.45, 2.75) is 53.2 Å². The van der Waals surface area contributed by atoms with E-state index in [0.717, 1.165) is 27.8 Å². The van der Waals surface area contributed by atoms with Crippen LogP contribution in [-0.2, 0) is 11.3 Å². The number of rotatable bonds is 10. The second-order valence-corrected chi connectivity index (χ2v) is 8.87. The van der Waals surface area contributed by atoms with Crippen LogP contribution < -0.4 is 9.47 Å². The largest absolute Gasteiger partial charge is 0.489 e. The van der Waals surface area contributed by atoms with Gasteiger partial charge in [-0.05, 0) is 81.1 Å². The van der Waals surface area contributed by atoms with Crippen molar-refractivity contribution in [1.82, 2.24) is 4.98 Å². The molecule has 0 bridgehead atoms. The van der Waals surface area contributed by atoms with Crippen LogP contribution in [0.3, 0.4) is 0 Å². The van der Waals surface area contributed by atoms with Crippen molar-refractivity contribution in [3.8, 4) is 22.8 Å². The Morgan fingerprint density at radius 1 is 1.03 bits per heavy atom. The van der Waals surface area contributed by atoms with Gasteiger partial charge in [0.2, 0.25) is 5.88 Å². The molecule has 0 amide bonds. The maximum atomic E-state index is 11.8. The highest BCUT2D eigenvalue weighted by molar-refractivity contribution is 5.89. The van der Waals surface area contributed by atoms with Crippen molar-refractivity contribution in [1.29, 1.82) is 0 Å². The first-order valence-electron chi connectivity index (χ1n) is 11.5. The van der Waals surface area contributed by atoms with Crippen molar-refractivity contribution in [2.75, 3.05) is 13.2 Å². The molecular formula is C28H33NO5. The Labute approximate surface area is 201 Å². The van der Waals surface area contributed by atoms with Crippen molar-refractivity contribution < 1.29 is 24.1 Å². The molecule has 0 spiro atoms. The van der Waals surface area contributed by atoms with E-state index in [-0.39, 0.29) is 5.97 Å². The number of nitrogens with zero attached hydrogens (tertiary/aromatic N) is 1. The lowest BCUT2D eigenvalue weighted by Gasteiger charge is -2.17. The van der Waals surface area contributed by atoms with Crippen molar-refractivity contribution in [3.63, 3.8) is 0 Å². The molecule has 0 saturated carbocycles. The number of hydrogen-bond donors (Lipinski definition) is 1. The highest BCUT2D eigenvalue weighted by Gasteiger charge is 2.14. The van der Waals surface area contributed by atoms with Gasteiger partial charge in [0.25, 0.3) is 0 Å². The van der Waals surface area contributed by atoms with Gasteiger partial charge in [-0.1, -0.05) is 18.2 Å². The van der Waals surface area contributed by atoms with E-state index >= 15 is 0 Å². The number of hydrogen-bond acceptors (Lipinski definition) is 6. The zero-order valence-corrected chi connectivity index (χ0v) is 20.6. The summed E-state index contributed by atoms with van der Waals surface area (Å²) in [6, 6.07) is 15.0. The summed E-state index contributed by atoms with van der Waals surface area (Å²) in [6.45, 7) is 10.6. The quantitative estimate of drug-likeness (QED) is 0.391. The van der Waals surface area contributed by atoms with Crippen LogP contribution in [0.5, 0.6) is 11.6 Å². The van der Waals surface area contributed by atoms with Gasteiger partial charge in [0.1, 0.15) is 12.4 Å². The van der Waals surface area contributed by atoms with Gasteiger partial charge in [0.15, 0.2) is 0 Å². The number of ether oxygens (including phenoxy) is 3. The van der Waals surface area contributed by atoms with Gasteiger partial charge in [-0.3, -0.25) is 0 Å². The number of aromatic nitrogens is 1. The number of carbonyl (C=O) groups excluding carboxylic acids is 1. The first-order valence-corrected chi connectivity index (χ1v) is 11.5. The van der Waals surface area contributed by atoms with Gasteiger partial charge in [-0.25, -0.2) is 9.78 Å². The average Bonchev–Trinajstić information content (AvgIpc) is 2.78. The van der Waals surface area contributed by atoms with Gasteiger partial charge in [0, 0.05) is 24.2 Å². The molecule has 34 heavy (non-hydrogen) atoms. The summed E-state index contributed by atoms with van der Waals surface area (Å²) >= 11 is 0. The van der Waals surface area contributed by atoms with E-state index < -0.39 is 5.60 Å². The molecule has 0 fully saturated rings. The third-order valence-electron chi connectivity index (χ3n) is 5.55. The zero-order valence-electron chi connectivity index (χ0n) is 20.6. The molecule has 1 heterocycles. The number of esters is 1. The Morgan fingerprint density at radius 3 is 2.41 bits per heavy atom. The third-order valence-corrected chi connectivity index (χ3v) is 5.55. The first-order chi connectivity index (χ1) is 16.2. The van der Waals surface area contributed by atoms with E-state index in [1.54, 1.807) is 45.0 Å². The highest BCUT2D eigenvalue weighted by atomic mass is 16.5. The fourth-order valence-corrected chi connectivity index (χ4v) is 3.49. The Balaban J connectivity index is 1.69. The van der Waals surface area contributed by atoms with Crippen molar-refractivity contribution in [2.24, 2.45) is 0 Å². The molecule has 6 heteroatoms. The van der Waals surface area contributed by atoms with Gasteiger partial charge < -0.3 is 19.3 Å². The Morgan fingerprint density at radius 2 is 1.76 bits per heavy atom. The predicted octanol–water partition coefficient (Wildman–Crippen LogP) is 5.66. The van der Waals surface area contributed by atoms with Gasteiger partial charge >= 0.3 is 5.97 Å². The molecule has 3 aromatic rings. The van der Waals surface area contributed by atoms with Crippen molar-refractivity contribution >= 4 is 5.97 Å². The highest BCUT2D eigenvalue weighted by Crippen LogP contribution is 2.30. The lowest BCUT2D eigenvalue weighted by molar-refractivity contribution is 0.0523. The standard InChI is InChI=1S/C28H33NO5/c1-6-32-27(30)21-10-12-23(13-11-21)34-18-22-8-7-9-24(20(22)3)25-17-29-26(16-19(25)2)33-15-14-28(4,5)31/h7-13,16-17,31H,6,14-15,18H2,1-5H3. The summed E-state index contributed by atoms with van der Waals surface area (Å²) in [5.41, 5.74) is 5.10. The summed E-state index contributed by atoms with van der Waals surface area (Å²) in [5, 5.41) is 9.84. The summed E-state index contributed by atoms with van der Waals surface area (Å²) in [6.07, 6.45) is 2.36. The molecule has 0 aliphatic heterocycles. The van der Waals surface area contributed by atoms with Crippen LogP contribution in [-0.4, -0.2) is 34.9 Å².